The summed E-state index contributed by atoms with van der Waals surface area (Å²) in [5, 5.41) is 9.31. The zero-order valence-electron chi connectivity index (χ0n) is 14.8. The molecule has 0 aliphatic rings. The SMILES string of the molecule is Cc1cnc(-c2ccccc2C(F)(F)F)nc1Nc1n[nH]c2c(F)cc(F)cc12. The molecule has 0 spiro atoms. The standard InChI is InChI=1S/C19H12F5N5/c1-9-8-25-17(11-4-2-3-5-13(11)19(22,23)24)26-16(9)27-18-12-6-10(20)7-14(21)15(12)28-29-18/h2-8H,1H3,(H2,25,26,27,28,29). The average Bonchev–Trinajstić information content (AvgIpc) is 3.06. The van der Waals surface area contributed by atoms with Crippen LogP contribution in [0.25, 0.3) is 22.3 Å². The maximum Gasteiger partial charge on any atom is 0.417 e. The summed E-state index contributed by atoms with van der Waals surface area (Å²) >= 11 is 0. The van der Waals surface area contributed by atoms with Crippen molar-refractivity contribution in [3.8, 4) is 11.4 Å². The van der Waals surface area contributed by atoms with Gasteiger partial charge in [0.15, 0.2) is 17.5 Å². The summed E-state index contributed by atoms with van der Waals surface area (Å²) in [6.07, 6.45) is -3.22. The number of benzene rings is 2. The quantitative estimate of drug-likeness (QED) is 0.450. The van der Waals surface area contributed by atoms with E-state index in [1.54, 1.807) is 6.92 Å². The van der Waals surface area contributed by atoms with Crippen LogP contribution in [0.3, 0.4) is 0 Å². The van der Waals surface area contributed by atoms with E-state index in [4.69, 9.17) is 0 Å². The van der Waals surface area contributed by atoms with Crippen molar-refractivity contribution in [1.29, 1.82) is 0 Å². The molecule has 10 heteroatoms. The first-order chi connectivity index (χ1) is 13.7. The van der Waals surface area contributed by atoms with E-state index in [0.29, 0.717) is 11.6 Å². The van der Waals surface area contributed by atoms with Crippen LogP contribution in [0, 0.1) is 18.6 Å². The van der Waals surface area contributed by atoms with Crippen LogP contribution >= 0.6 is 0 Å². The predicted molar refractivity (Wildman–Crippen MR) is 96.5 cm³/mol. The van der Waals surface area contributed by atoms with Gasteiger partial charge in [0, 0.05) is 23.4 Å². The molecule has 0 aliphatic heterocycles. The molecule has 0 atom stereocenters. The number of aromatic nitrogens is 4. The number of anilines is 2. The maximum atomic E-state index is 13.8. The minimum absolute atomic E-state index is 0.0109. The van der Waals surface area contributed by atoms with Gasteiger partial charge in [0.25, 0.3) is 0 Å². The van der Waals surface area contributed by atoms with Crippen LogP contribution in [0.5, 0.6) is 0 Å². The van der Waals surface area contributed by atoms with Crippen molar-refractivity contribution in [2.24, 2.45) is 0 Å². The Morgan fingerprint density at radius 3 is 2.55 bits per heavy atom. The van der Waals surface area contributed by atoms with E-state index in [0.717, 1.165) is 12.1 Å². The van der Waals surface area contributed by atoms with Crippen molar-refractivity contribution < 1.29 is 22.0 Å². The van der Waals surface area contributed by atoms with Crippen molar-refractivity contribution in [3.63, 3.8) is 0 Å². The molecule has 2 N–H and O–H groups in total. The Hall–Kier alpha value is -3.56. The molecule has 4 rings (SSSR count). The third-order valence-corrected chi connectivity index (χ3v) is 4.27. The number of aryl methyl sites for hydroxylation is 1. The van der Waals surface area contributed by atoms with Gasteiger partial charge >= 0.3 is 6.18 Å². The van der Waals surface area contributed by atoms with Gasteiger partial charge in [-0.05, 0) is 19.1 Å². The second-order valence-corrected chi connectivity index (χ2v) is 6.28. The number of halogens is 5. The fourth-order valence-corrected chi connectivity index (χ4v) is 2.88. The van der Waals surface area contributed by atoms with E-state index in [9.17, 15) is 22.0 Å². The van der Waals surface area contributed by atoms with E-state index in [1.165, 1.54) is 24.4 Å². The zero-order chi connectivity index (χ0) is 20.8. The Balaban J connectivity index is 1.79. The molecule has 0 radical (unpaired) electrons. The van der Waals surface area contributed by atoms with Gasteiger partial charge in [0.2, 0.25) is 0 Å². The maximum absolute atomic E-state index is 13.8. The molecule has 5 nitrogen and oxygen atoms in total. The minimum atomic E-state index is -4.58. The van der Waals surface area contributed by atoms with E-state index in [-0.39, 0.29) is 33.9 Å². The van der Waals surface area contributed by atoms with Crippen LogP contribution in [0.4, 0.5) is 33.6 Å². The van der Waals surface area contributed by atoms with Gasteiger partial charge in [-0.15, -0.1) is 0 Å². The molecule has 0 unspecified atom stereocenters. The Labute approximate surface area is 160 Å². The van der Waals surface area contributed by atoms with E-state index < -0.39 is 23.4 Å². The van der Waals surface area contributed by atoms with Crippen LogP contribution in [-0.2, 0) is 6.18 Å². The third-order valence-electron chi connectivity index (χ3n) is 4.27. The molecule has 0 bridgehead atoms. The summed E-state index contributed by atoms with van der Waals surface area (Å²) < 4.78 is 67.4. The highest BCUT2D eigenvalue weighted by Crippen LogP contribution is 2.36. The summed E-state index contributed by atoms with van der Waals surface area (Å²) in [4.78, 5) is 8.18. The number of nitrogens with zero attached hydrogens (tertiary/aromatic N) is 3. The van der Waals surface area contributed by atoms with Gasteiger partial charge in [-0.1, -0.05) is 18.2 Å². The minimum Gasteiger partial charge on any atom is -0.323 e. The molecule has 2 heterocycles. The molecule has 0 saturated heterocycles. The molecule has 2 aromatic heterocycles. The summed E-state index contributed by atoms with van der Waals surface area (Å²) in [6, 6.07) is 6.74. The van der Waals surface area contributed by atoms with Gasteiger partial charge < -0.3 is 5.32 Å². The van der Waals surface area contributed by atoms with Crippen LogP contribution in [0.15, 0.2) is 42.6 Å². The highest BCUT2D eigenvalue weighted by molar-refractivity contribution is 5.91. The van der Waals surface area contributed by atoms with Crippen LogP contribution in [0.1, 0.15) is 11.1 Å². The number of nitrogens with one attached hydrogen (secondary N) is 2. The lowest BCUT2D eigenvalue weighted by Gasteiger charge is -2.13. The van der Waals surface area contributed by atoms with Gasteiger partial charge in [-0.3, -0.25) is 5.10 Å². The fraction of sp³-hybridized carbons (Fsp3) is 0.105. The lowest BCUT2D eigenvalue weighted by atomic mass is 10.1. The molecular formula is C19H12F5N5. The molecule has 29 heavy (non-hydrogen) atoms. The average molecular weight is 405 g/mol. The van der Waals surface area contributed by atoms with E-state index >= 15 is 0 Å². The van der Waals surface area contributed by atoms with Gasteiger partial charge in [-0.25, -0.2) is 18.7 Å². The predicted octanol–water partition coefficient (Wildman–Crippen LogP) is 5.37. The van der Waals surface area contributed by atoms with Crippen molar-refractivity contribution >= 4 is 22.5 Å². The summed E-state index contributed by atoms with van der Waals surface area (Å²) in [7, 11) is 0. The Bertz CT molecular complexity index is 1220. The molecule has 2 aromatic carbocycles. The Kier molecular flexibility index (Phi) is 4.40. The summed E-state index contributed by atoms with van der Waals surface area (Å²) in [6.45, 7) is 1.64. The first-order valence-corrected chi connectivity index (χ1v) is 8.34. The van der Waals surface area contributed by atoms with E-state index in [1.807, 2.05) is 0 Å². The van der Waals surface area contributed by atoms with Crippen molar-refractivity contribution in [3.05, 3.63) is 65.4 Å². The van der Waals surface area contributed by atoms with Gasteiger partial charge in [-0.2, -0.15) is 18.3 Å². The number of rotatable bonds is 3. The van der Waals surface area contributed by atoms with Crippen LogP contribution in [-0.4, -0.2) is 20.2 Å². The first kappa shape index (κ1) is 18.8. The molecule has 0 fully saturated rings. The number of hydrogen-bond donors (Lipinski definition) is 2. The lowest BCUT2D eigenvalue weighted by molar-refractivity contribution is -0.137. The number of H-pyrrole nitrogens is 1. The van der Waals surface area contributed by atoms with Crippen molar-refractivity contribution in [1.82, 2.24) is 20.2 Å². The lowest BCUT2D eigenvalue weighted by Crippen LogP contribution is -2.09. The van der Waals surface area contributed by atoms with Crippen molar-refractivity contribution in [2.75, 3.05) is 5.32 Å². The molecule has 0 aliphatic carbocycles. The van der Waals surface area contributed by atoms with Crippen LogP contribution < -0.4 is 5.32 Å². The molecular weight excluding hydrogens is 393 g/mol. The van der Waals surface area contributed by atoms with E-state index in [2.05, 4.69) is 25.5 Å². The first-order valence-electron chi connectivity index (χ1n) is 8.34. The number of fused-ring (bicyclic) bond motifs is 1. The number of hydrogen-bond acceptors (Lipinski definition) is 4. The molecule has 0 amide bonds. The van der Waals surface area contributed by atoms with Gasteiger partial charge in [0.1, 0.15) is 17.2 Å². The summed E-state index contributed by atoms with van der Waals surface area (Å²) in [5.41, 5.74) is -0.564. The highest BCUT2D eigenvalue weighted by Gasteiger charge is 2.34. The Morgan fingerprint density at radius 1 is 1.03 bits per heavy atom. The second kappa shape index (κ2) is 6.80. The molecule has 148 valence electrons. The Morgan fingerprint density at radius 2 is 1.79 bits per heavy atom. The van der Waals surface area contributed by atoms with Crippen LogP contribution in [0.2, 0.25) is 0 Å². The summed E-state index contributed by atoms with van der Waals surface area (Å²) in [5.74, 6) is -1.53. The highest BCUT2D eigenvalue weighted by atomic mass is 19.4. The monoisotopic (exact) mass is 405 g/mol. The molecule has 4 aromatic rings. The topological polar surface area (TPSA) is 66.5 Å². The zero-order valence-corrected chi connectivity index (χ0v) is 14.8. The normalized spacial score (nSPS) is 11.8. The largest absolute Gasteiger partial charge is 0.417 e. The smallest absolute Gasteiger partial charge is 0.323 e. The van der Waals surface area contributed by atoms with Crippen molar-refractivity contribution in [2.45, 2.75) is 13.1 Å². The molecule has 0 saturated carbocycles. The third kappa shape index (κ3) is 3.48. The number of aromatic amines is 1. The number of alkyl halides is 3. The second-order valence-electron chi connectivity index (χ2n) is 6.28. The van der Waals surface area contributed by atoms with Gasteiger partial charge in [0.05, 0.1) is 10.9 Å². The fourth-order valence-electron chi connectivity index (χ4n) is 2.88.